The number of methoxy groups -OCH3 is 1. The number of esters is 1. The number of nitrogens with zero attached hydrogens (tertiary/aromatic N) is 2. The van der Waals surface area contributed by atoms with Crippen molar-refractivity contribution in [3.8, 4) is 0 Å². The van der Waals surface area contributed by atoms with Gasteiger partial charge in [-0.05, 0) is 37.1 Å². The number of hydrogen-bond donors (Lipinski definition) is 1. The van der Waals surface area contributed by atoms with Gasteiger partial charge < -0.3 is 9.84 Å². The number of hydrogen-bond acceptors (Lipinski definition) is 5. The fraction of sp³-hybridized carbons (Fsp3) is 0.250. The molecule has 124 valence electrons. The van der Waals surface area contributed by atoms with Crippen molar-refractivity contribution in [2.24, 2.45) is 0 Å². The molecule has 0 radical (unpaired) electrons. The van der Waals surface area contributed by atoms with Crippen LogP contribution >= 0.6 is 11.6 Å². The first-order chi connectivity index (χ1) is 10.8. The summed E-state index contributed by atoms with van der Waals surface area (Å²) in [6, 6.07) is 7.16. The van der Waals surface area contributed by atoms with Crippen molar-refractivity contribution in [2.45, 2.75) is 20.8 Å². The van der Waals surface area contributed by atoms with Gasteiger partial charge in [-0.25, -0.2) is 14.8 Å². The van der Waals surface area contributed by atoms with Crippen LogP contribution in [-0.2, 0) is 9.53 Å². The molecule has 0 aliphatic rings. The molecule has 0 aliphatic carbocycles. The van der Waals surface area contributed by atoms with Gasteiger partial charge in [-0.15, -0.1) is 0 Å². The Kier molecular flexibility index (Phi) is 9.95. The van der Waals surface area contributed by atoms with Crippen molar-refractivity contribution in [1.29, 1.82) is 0 Å². The van der Waals surface area contributed by atoms with Gasteiger partial charge in [0.25, 0.3) is 5.97 Å². The zero-order valence-electron chi connectivity index (χ0n) is 13.4. The summed E-state index contributed by atoms with van der Waals surface area (Å²) >= 11 is 5.50. The van der Waals surface area contributed by atoms with Gasteiger partial charge >= 0.3 is 5.97 Å². The molecule has 0 atom stereocenters. The fourth-order valence-corrected chi connectivity index (χ4v) is 1.25. The van der Waals surface area contributed by atoms with Crippen LogP contribution in [0.4, 0.5) is 0 Å². The van der Waals surface area contributed by atoms with Crippen LogP contribution in [0.15, 0.2) is 36.7 Å². The van der Waals surface area contributed by atoms with E-state index in [1.807, 2.05) is 26.0 Å². The van der Waals surface area contributed by atoms with Crippen LogP contribution in [0.1, 0.15) is 28.5 Å². The smallest absolute Gasteiger partial charge is 0.356 e. The summed E-state index contributed by atoms with van der Waals surface area (Å²) in [4.78, 5) is 27.6. The zero-order valence-corrected chi connectivity index (χ0v) is 14.2. The molecule has 2 aromatic rings. The third-order valence-corrected chi connectivity index (χ3v) is 2.40. The number of rotatable bonds is 1. The Morgan fingerprint density at radius 2 is 1.52 bits per heavy atom. The molecule has 0 aromatic carbocycles. The molecule has 7 heteroatoms. The van der Waals surface area contributed by atoms with Gasteiger partial charge in [0.05, 0.1) is 7.11 Å². The molecular formula is C16H19ClN2O4. The van der Waals surface area contributed by atoms with E-state index in [9.17, 15) is 4.79 Å². The minimum absolute atomic E-state index is 0.345. The van der Waals surface area contributed by atoms with E-state index in [0.29, 0.717) is 10.8 Å². The summed E-state index contributed by atoms with van der Waals surface area (Å²) in [7, 11) is 1.34. The maximum atomic E-state index is 10.8. The van der Waals surface area contributed by atoms with Crippen LogP contribution in [0.5, 0.6) is 0 Å². The van der Waals surface area contributed by atoms with E-state index in [4.69, 9.17) is 21.5 Å². The summed E-state index contributed by atoms with van der Waals surface area (Å²) in [5.74, 6) is -1.23. The van der Waals surface area contributed by atoms with Crippen molar-refractivity contribution in [1.82, 2.24) is 9.97 Å². The van der Waals surface area contributed by atoms with Crippen LogP contribution in [0.3, 0.4) is 0 Å². The van der Waals surface area contributed by atoms with Gasteiger partial charge in [-0.3, -0.25) is 4.79 Å². The van der Waals surface area contributed by atoms with Crippen molar-refractivity contribution < 1.29 is 19.4 Å². The molecule has 0 saturated carbocycles. The minimum atomic E-state index is -0.833. The van der Waals surface area contributed by atoms with E-state index < -0.39 is 11.9 Å². The number of pyridine rings is 2. The second-order valence-corrected chi connectivity index (χ2v) is 4.78. The van der Waals surface area contributed by atoms with Crippen LogP contribution < -0.4 is 0 Å². The number of halogens is 1. The molecular weight excluding hydrogens is 320 g/mol. The molecule has 0 unspecified atom stereocenters. The Balaban J connectivity index is 0.000000354. The predicted octanol–water partition coefficient (Wildman–Crippen LogP) is 3.31. The molecule has 0 aliphatic heterocycles. The number of carbonyl (C=O) groups is 2. The number of aliphatic carboxylic acids is 1. The Morgan fingerprint density at radius 1 is 1.04 bits per heavy atom. The summed E-state index contributed by atoms with van der Waals surface area (Å²) in [5.41, 5.74) is 2.50. The molecule has 6 nitrogen and oxygen atoms in total. The molecule has 0 saturated heterocycles. The van der Waals surface area contributed by atoms with Crippen LogP contribution in [-0.4, -0.2) is 34.1 Å². The van der Waals surface area contributed by atoms with Gasteiger partial charge in [0, 0.05) is 19.3 Å². The van der Waals surface area contributed by atoms with Crippen LogP contribution in [0.2, 0.25) is 5.15 Å². The molecule has 0 fully saturated rings. The average molecular weight is 339 g/mol. The van der Waals surface area contributed by atoms with Gasteiger partial charge in [0.2, 0.25) is 0 Å². The number of ether oxygens (including phenoxy) is 1. The summed E-state index contributed by atoms with van der Waals surface area (Å²) in [5, 5.41) is 7.97. The highest BCUT2D eigenvalue weighted by molar-refractivity contribution is 6.29. The third kappa shape index (κ3) is 10.8. The topological polar surface area (TPSA) is 89.4 Å². The number of aryl methyl sites for hydroxylation is 2. The zero-order chi connectivity index (χ0) is 17.8. The highest BCUT2D eigenvalue weighted by Crippen LogP contribution is 2.02. The highest BCUT2D eigenvalue weighted by Gasteiger charge is 2.04. The van der Waals surface area contributed by atoms with Crippen LogP contribution in [0.25, 0.3) is 0 Å². The Bertz CT molecular complexity index is 588. The quantitative estimate of drug-likeness (QED) is 0.633. The van der Waals surface area contributed by atoms with E-state index in [1.54, 1.807) is 24.5 Å². The molecule has 23 heavy (non-hydrogen) atoms. The SMILES string of the molecule is CC(=O)O.COC(=O)c1ccc(C)cn1.Cc1ccc(Cl)nc1. The predicted molar refractivity (Wildman–Crippen MR) is 87.6 cm³/mol. The standard InChI is InChI=1S/C8H9NO2.C6H6ClN.C2H4O2/c1-6-3-4-7(9-5-6)8(10)11-2;1-5-2-3-6(7)8-4-5;1-2(3)4/h3-5H,1-2H3;2-4H,1H3;1H3,(H,3,4). The second kappa shape index (κ2) is 11.1. The van der Waals surface area contributed by atoms with Crippen molar-refractivity contribution >= 4 is 23.5 Å². The molecule has 2 rings (SSSR count). The van der Waals surface area contributed by atoms with Gasteiger partial charge in [-0.2, -0.15) is 0 Å². The van der Waals surface area contributed by atoms with Crippen molar-refractivity contribution in [3.63, 3.8) is 0 Å². The number of carbonyl (C=O) groups excluding carboxylic acids is 1. The van der Waals surface area contributed by atoms with E-state index in [1.165, 1.54) is 7.11 Å². The molecule has 0 spiro atoms. The monoisotopic (exact) mass is 338 g/mol. The molecule has 1 N–H and O–H groups in total. The lowest BCUT2D eigenvalue weighted by Crippen LogP contribution is -2.03. The summed E-state index contributed by atoms with van der Waals surface area (Å²) in [6.07, 6.45) is 3.37. The fourth-order valence-electron chi connectivity index (χ4n) is 1.14. The highest BCUT2D eigenvalue weighted by atomic mass is 35.5. The summed E-state index contributed by atoms with van der Waals surface area (Å²) < 4.78 is 4.47. The van der Waals surface area contributed by atoms with Gasteiger partial charge in [0.15, 0.2) is 0 Å². The lowest BCUT2D eigenvalue weighted by atomic mass is 10.3. The van der Waals surface area contributed by atoms with Crippen molar-refractivity contribution in [2.75, 3.05) is 7.11 Å². The van der Waals surface area contributed by atoms with Gasteiger partial charge in [0.1, 0.15) is 10.8 Å². The summed E-state index contributed by atoms with van der Waals surface area (Å²) in [6.45, 7) is 4.97. The Hall–Kier alpha value is -2.47. The minimum Gasteiger partial charge on any atom is -0.481 e. The molecule has 0 amide bonds. The lowest BCUT2D eigenvalue weighted by Gasteiger charge is -1.96. The second-order valence-electron chi connectivity index (χ2n) is 4.39. The largest absolute Gasteiger partial charge is 0.481 e. The molecule has 0 bridgehead atoms. The Morgan fingerprint density at radius 3 is 1.83 bits per heavy atom. The molecule has 2 heterocycles. The van der Waals surface area contributed by atoms with E-state index in [-0.39, 0.29) is 0 Å². The van der Waals surface area contributed by atoms with Crippen LogP contribution in [0, 0.1) is 13.8 Å². The first kappa shape index (κ1) is 20.5. The van der Waals surface area contributed by atoms with E-state index in [2.05, 4.69) is 14.7 Å². The lowest BCUT2D eigenvalue weighted by molar-refractivity contribution is -0.134. The first-order valence-corrected chi connectivity index (χ1v) is 6.92. The Labute approximate surface area is 140 Å². The van der Waals surface area contributed by atoms with Crippen molar-refractivity contribution in [3.05, 3.63) is 58.6 Å². The van der Waals surface area contributed by atoms with E-state index >= 15 is 0 Å². The average Bonchev–Trinajstić information content (AvgIpc) is 2.50. The number of carboxylic acids is 1. The number of carboxylic acid groups (broad SMARTS) is 1. The maximum Gasteiger partial charge on any atom is 0.356 e. The van der Waals surface area contributed by atoms with E-state index in [0.717, 1.165) is 18.1 Å². The normalized spacial score (nSPS) is 8.74. The molecule has 2 aromatic heterocycles. The third-order valence-electron chi connectivity index (χ3n) is 2.18. The maximum absolute atomic E-state index is 10.8. The van der Waals surface area contributed by atoms with Gasteiger partial charge in [-0.1, -0.05) is 23.7 Å². The number of aromatic nitrogens is 2. The first-order valence-electron chi connectivity index (χ1n) is 6.55.